The van der Waals surface area contributed by atoms with Gasteiger partial charge in [0, 0.05) is 25.9 Å². The number of benzene rings is 1. The van der Waals surface area contributed by atoms with Crippen LogP contribution in [0.3, 0.4) is 0 Å². The Kier molecular flexibility index (Phi) is 5.12. The molecule has 1 N–H and O–H groups in total. The minimum Gasteiger partial charge on any atom is -0.340 e. The monoisotopic (exact) mass is 287 g/mol. The first-order valence-electron chi connectivity index (χ1n) is 7.51. The first-order chi connectivity index (χ1) is 9.94. The molecule has 0 radical (unpaired) electrons. The number of nitrogens with zero attached hydrogens (tertiary/aromatic N) is 2. The fourth-order valence-electron chi connectivity index (χ4n) is 2.41. The van der Waals surface area contributed by atoms with Crippen LogP contribution in [0, 0.1) is 12.3 Å². The van der Waals surface area contributed by atoms with Gasteiger partial charge in [0.15, 0.2) is 5.82 Å². The Morgan fingerprint density at radius 3 is 2.48 bits per heavy atom. The molecule has 0 aliphatic rings. The van der Waals surface area contributed by atoms with Crippen molar-refractivity contribution in [1.82, 2.24) is 15.5 Å². The highest BCUT2D eigenvalue weighted by molar-refractivity contribution is 5.19. The summed E-state index contributed by atoms with van der Waals surface area (Å²) in [5, 5.41) is 7.56. The van der Waals surface area contributed by atoms with Gasteiger partial charge in [-0.15, -0.1) is 0 Å². The molecule has 4 nitrogen and oxygen atoms in total. The van der Waals surface area contributed by atoms with Crippen molar-refractivity contribution in [3.05, 3.63) is 47.6 Å². The molecule has 0 fully saturated rings. The molecule has 4 heteroatoms. The molecule has 1 heterocycles. The second-order valence-electron chi connectivity index (χ2n) is 6.66. The summed E-state index contributed by atoms with van der Waals surface area (Å²) in [6.45, 7) is 9.47. The number of hydrogen-bond donors (Lipinski definition) is 1. The lowest BCUT2D eigenvalue weighted by atomic mass is 9.85. The van der Waals surface area contributed by atoms with Crippen molar-refractivity contribution in [2.24, 2.45) is 5.41 Å². The summed E-state index contributed by atoms with van der Waals surface area (Å²) in [6, 6.07) is 11.0. The zero-order chi connectivity index (χ0) is 15.3. The van der Waals surface area contributed by atoms with Crippen LogP contribution < -0.4 is 5.32 Å². The van der Waals surface area contributed by atoms with Crippen LogP contribution in [-0.4, -0.2) is 16.7 Å². The van der Waals surface area contributed by atoms with Gasteiger partial charge in [-0.3, -0.25) is 0 Å². The van der Waals surface area contributed by atoms with Crippen molar-refractivity contribution in [2.45, 2.75) is 46.6 Å². The van der Waals surface area contributed by atoms with Gasteiger partial charge >= 0.3 is 0 Å². The van der Waals surface area contributed by atoms with Gasteiger partial charge in [0.1, 0.15) is 0 Å². The van der Waals surface area contributed by atoms with E-state index in [2.05, 4.69) is 66.6 Å². The Morgan fingerprint density at radius 2 is 1.90 bits per heavy atom. The SMILES string of the molecule is Cc1nc(CCNC(CC(C)(C)C)c2ccccc2)no1. The molecule has 0 saturated carbocycles. The van der Waals surface area contributed by atoms with Gasteiger partial charge in [-0.25, -0.2) is 0 Å². The second kappa shape index (κ2) is 6.85. The molecular weight excluding hydrogens is 262 g/mol. The molecule has 0 amide bonds. The predicted molar refractivity (Wildman–Crippen MR) is 84.0 cm³/mol. The molecule has 1 aromatic carbocycles. The van der Waals surface area contributed by atoms with Gasteiger partial charge in [0.25, 0.3) is 0 Å². The maximum atomic E-state index is 5.00. The Balaban J connectivity index is 1.96. The lowest BCUT2D eigenvalue weighted by Crippen LogP contribution is -2.27. The highest BCUT2D eigenvalue weighted by Gasteiger charge is 2.19. The van der Waals surface area contributed by atoms with Crippen LogP contribution in [0.25, 0.3) is 0 Å². The topological polar surface area (TPSA) is 51.0 Å². The molecule has 0 aliphatic heterocycles. The molecule has 21 heavy (non-hydrogen) atoms. The van der Waals surface area contributed by atoms with Crippen LogP contribution in [-0.2, 0) is 6.42 Å². The lowest BCUT2D eigenvalue weighted by molar-refractivity contribution is 0.311. The van der Waals surface area contributed by atoms with Crippen LogP contribution in [0.4, 0.5) is 0 Å². The number of nitrogens with one attached hydrogen (secondary N) is 1. The smallest absolute Gasteiger partial charge is 0.223 e. The molecule has 1 unspecified atom stereocenters. The molecule has 2 rings (SSSR count). The van der Waals surface area contributed by atoms with Gasteiger partial charge < -0.3 is 9.84 Å². The van der Waals surface area contributed by atoms with Crippen molar-refractivity contribution >= 4 is 0 Å². The normalized spacial score (nSPS) is 13.3. The van der Waals surface area contributed by atoms with Crippen LogP contribution in [0.15, 0.2) is 34.9 Å². The summed E-state index contributed by atoms with van der Waals surface area (Å²) in [6.07, 6.45) is 1.87. The number of aryl methyl sites for hydroxylation is 1. The second-order valence-corrected chi connectivity index (χ2v) is 6.66. The third-order valence-corrected chi connectivity index (χ3v) is 3.33. The maximum absolute atomic E-state index is 5.00. The van der Waals surface area contributed by atoms with Gasteiger partial charge in [-0.2, -0.15) is 4.98 Å². The van der Waals surface area contributed by atoms with Crippen molar-refractivity contribution in [2.75, 3.05) is 6.54 Å². The highest BCUT2D eigenvalue weighted by atomic mass is 16.5. The first-order valence-corrected chi connectivity index (χ1v) is 7.51. The minimum absolute atomic E-state index is 0.274. The Bertz CT molecular complexity index is 543. The van der Waals surface area contributed by atoms with Crippen molar-refractivity contribution in [3.8, 4) is 0 Å². The van der Waals surface area contributed by atoms with E-state index in [4.69, 9.17) is 4.52 Å². The predicted octanol–water partition coefficient (Wildman–Crippen LogP) is 3.69. The largest absolute Gasteiger partial charge is 0.340 e. The summed E-state index contributed by atoms with van der Waals surface area (Å²) in [7, 11) is 0. The standard InChI is InChI=1S/C17H25N3O/c1-13-19-16(20-21-13)10-11-18-15(12-17(2,3)4)14-8-6-5-7-9-14/h5-9,15,18H,10-12H2,1-4H3. The summed E-state index contributed by atoms with van der Waals surface area (Å²) >= 11 is 0. The maximum Gasteiger partial charge on any atom is 0.223 e. The third kappa shape index (κ3) is 5.31. The number of hydrogen-bond acceptors (Lipinski definition) is 4. The van der Waals surface area contributed by atoms with E-state index >= 15 is 0 Å². The van der Waals surface area contributed by atoms with E-state index in [0.717, 1.165) is 25.2 Å². The molecule has 114 valence electrons. The van der Waals surface area contributed by atoms with Gasteiger partial charge in [0.05, 0.1) is 0 Å². The van der Waals surface area contributed by atoms with E-state index in [9.17, 15) is 0 Å². The van der Waals surface area contributed by atoms with Crippen LogP contribution in [0.2, 0.25) is 0 Å². The van der Waals surface area contributed by atoms with Gasteiger partial charge in [-0.05, 0) is 17.4 Å². The first kappa shape index (κ1) is 15.7. The zero-order valence-electron chi connectivity index (χ0n) is 13.4. The molecule has 2 aromatic rings. The summed E-state index contributed by atoms with van der Waals surface area (Å²) in [5.74, 6) is 1.39. The summed E-state index contributed by atoms with van der Waals surface area (Å²) in [4.78, 5) is 4.24. The summed E-state index contributed by atoms with van der Waals surface area (Å²) < 4.78 is 5.00. The van der Waals surface area contributed by atoms with E-state index < -0.39 is 0 Å². The van der Waals surface area contributed by atoms with Crippen molar-refractivity contribution < 1.29 is 4.52 Å². The number of rotatable bonds is 6. The Morgan fingerprint density at radius 1 is 1.19 bits per heavy atom. The quantitative estimate of drug-likeness (QED) is 0.880. The van der Waals surface area contributed by atoms with E-state index in [1.165, 1.54) is 5.56 Å². The molecule has 1 aromatic heterocycles. The van der Waals surface area contributed by atoms with Crippen LogP contribution >= 0.6 is 0 Å². The van der Waals surface area contributed by atoms with Gasteiger partial charge in [0.2, 0.25) is 5.89 Å². The third-order valence-electron chi connectivity index (χ3n) is 3.33. The van der Waals surface area contributed by atoms with Crippen molar-refractivity contribution in [1.29, 1.82) is 0 Å². The average molecular weight is 287 g/mol. The van der Waals surface area contributed by atoms with Gasteiger partial charge in [-0.1, -0.05) is 56.3 Å². The summed E-state index contributed by atoms with van der Waals surface area (Å²) in [5.41, 5.74) is 1.60. The fraction of sp³-hybridized carbons (Fsp3) is 0.529. The molecular formula is C17H25N3O. The Hall–Kier alpha value is -1.68. The van der Waals surface area contributed by atoms with E-state index in [1.54, 1.807) is 0 Å². The minimum atomic E-state index is 0.274. The van der Waals surface area contributed by atoms with Crippen molar-refractivity contribution in [3.63, 3.8) is 0 Å². The average Bonchev–Trinajstić information content (AvgIpc) is 2.83. The van der Waals surface area contributed by atoms with E-state index in [0.29, 0.717) is 11.9 Å². The Labute approximate surface area is 127 Å². The molecule has 1 atom stereocenters. The van der Waals surface area contributed by atoms with Crippen LogP contribution in [0.1, 0.15) is 50.5 Å². The molecule has 0 bridgehead atoms. The number of aromatic nitrogens is 2. The fourth-order valence-corrected chi connectivity index (χ4v) is 2.41. The molecule has 0 spiro atoms. The van der Waals surface area contributed by atoms with E-state index in [-0.39, 0.29) is 5.41 Å². The lowest BCUT2D eigenvalue weighted by Gasteiger charge is -2.27. The molecule has 0 saturated heterocycles. The van der Waals surface area contributed by atoms with Crippen LogP contribution in [0.5, 0.6) is 0 Å². The highest BCUT2D eigenvalue weighted by Crippen LogP contribution is 2.29. The molecule has 0 aliphatic carbocycles. The zero-order valence-corrected chi connectivity index (χ0v) is 13.4. The van der Waals surface area contributed by atoms with E-state index in [1.807, 2.05) is 6.92 Å².